The van der Waals surface area contributed by atoms with Gasteiger partial charge in [-0.05, 0) is 18.2 Å². The second kappa shape index (κ2) is 5.33. The molecule has 0 aliphatic carbocycles. The van der Waals surface area contributed by atoms with E-state index in [1.54, 1.807) is 5.32 Å². The van der Waals surface area contributed by atoms with Crippen molar-refractivity contribution < 1.29 is 18.0 Å². The van der Waals surface area contributed by atoms with Crippen molar-refractivity contribution >= 4 is 40.7 Å². The van der Waals surface area contributed by atoms with Gasteiger partial charge in [-0.25, -0.2) is 0 Å². The molecule has 1 aromatic carbocycles. The lowest BCUT2D eigenvalue weighted by Gasteiger charge is -2.15. The maximum Gasteiger partial charge on any atom is 0.422 e. The fraction of sp³-hybridized carbons (Fsp3) is 0.222. The van der Waals surface area contributed by atoms with Gasteiger partial charge in [0, 0.05) is 15.6 Å². The minimum absolute atomic E-state index is 0.0996. The molecule has 0 heterocycles. The Hall–Kier alpha value is -0.650. The van der Waals surface area contributed by atoms with Crippen LogP contribution in [0.15, 0.2) is 18.2 Å². The lowest BCUT2D eigenvalue weighted by Crippen LogP contribution is -2.41. The van der Waals surface area contributed by atoms with Crippen LogP contribution >= 0.6 is 34.8 Å². The summed E-state index contributed by atoms with van der Waals surface area (Å²) in [6.07, 6.45) is -4.72. The third-order valence-electron chi connectivity index (χ3n) is 1.67. The Morgan fingerprint density at radius 1 is 1.18 bits per heavy atom. The van der Waals surface area contributed by atoms with Crippen molar-refractivity contribution in [1.29, 1.82) is 0 Å². The lowest BCUT2D eigenvalue weighted by atomic mass is 10.2. The van der Waals surface area contributed by atoms with Crippen molar-refractivity contribution in [2.24, 2.45) is 0 Å². The zero-order chi connectivity index (χ0) is 13.2. The Morgan fingerprint density at radius 3 is 2.06 bits per heavy atom. The SMILES string of the molecule is O=C(NC(Cl)C(F)(F)F)c1cc(Cl)cc(Cl)c1. The Kier molecular flexibility index (Phi) is 4.52. The Labute approximate surface area is 110 Å². The minimum atomic E-state index is -4.72. The monoisotopic (exact) mass is 305 g/mol. The third-order valence-corrected chi connectivity index (χ3v) is 2.46. The second-order valence-electron chi connectivity index (χ2n) is 3.04. The number of carbonyl (C=O) groups is 1. The molecule has 17 heavy (non-hydrogen) atoms. The molecule has 0 radical (unpaired) electrons. The van der Waals surface area contributed by atoms with Crippen LogP contribution in [0.3, 0.4) is 0 Å². The predicted octanol–water partition coefficient (Wildman–Crippen LogP) is 3.85. The number of carbonyl (C=O) groups excluding carboxylic acids is 1. The van der Waals surface area contributed by atoms with E-state index in [1.807, 2.05) is 0 Å². The summed E-state index contributed by atoms with van der Waals surface area (Å²) in [6, 6.07) is 3.72. The molecule has 1 rings (SSSR count). The van der Waals surface area contributed by atoms with Crippen LogP contribution in [0.5, 0.6) is 0 Å². The summed E-state index contributed by atoms with van der Waals surface area (Å²) in [5, 5.41) is 1.85. The number of hydrogen-bond acceptors (Lipinski definition) is 1. The highest BCUT2D eigenvalue weighted by Gasteiger charge is 2.39. The first-order valence-electron chi connectivity index (χ1n) is 4.18. The fourth-order valence-corrected chi connectivity index (χ4v) is 1.59. The number of amides is 1. The molecule has 1 aromatic rings. The molecule has 0 aliphatic rings. The van der Waals surface area contributed by atoms with E-state index >= 15 is 0 Å². The molecule has 0 aromatic heterocycles. The first kappa shape index (κ1) is 14.4. The van der Waals surface area contributed by atoms with Gasteiger partial charge in [-0.3, -0.25) is 4.79 Å². The van der Waals surface area contributed by atoms with Gasteiger partial charge in [0.2, 0.25) is 5.50 Å². The highest BCUT2D eigenvalue weighted by Crippen LogP contribution is 2.24. The summed E-state index contributed by atoms with van der Waals surface area (Å²) >= 11 is 16.2. The maximum absolute atomic E-state index is 12.1. The van der Waals surface area contributed by atoms with Gasteiger partial charge in [-0.1, -0.05) is 34.8 Å². The molecule has 8 heteroatoms. The smallest absolute Gasteiger partial charge is 0.328 e. The number of alkyl halides is 4. The largest absolute Gasteiger partial charge is 0.422 e. The highest BCUT2D eigenvalue weighted by atomic mass is 35.5. The first-order valence-corrected chi connectivity index (χ1v) is 5.37. The predicted molar refractivity (Wildman–Crippen MR) is 59.6 cm³/mol. The first-order chi connectivity index (χ1) is 7.70. The normalized spacial score (nSPS) is 13.3. The van der Waals surface area contributed by atoms with E-state index in [1.165, 1.54) is 18.2 Å². The molecule has 1 amide bonds. The van der Waals surface area contributed by atoms with Crippen molar-refractivity contribution in [2.45, 2.75) is 11.7 Å². The molecular formula is C9H5Cl3F3NO. The third kappa shape index (κ3) is 4.26. The Balaban J connectivity index is 2.84. The molecule has 0 spiro atoms. The molecule has 0 aliphatic heterocycles. The van der Waals surface area contributed by atoms with Crippen LogP contribution in [-0.4, -0.2) is 17.6 Å². The van der Waals surface area contributed by atoms with Crippen molar-refractivity contribution in [1.82, 2.24) is 5.32 Å². The summed E-state index contributed by atoms with van der Waals surface area (Å²) in [5.41, 5.74) is -2.56. The van der Waals surface area contributed by atoms with Gasteiger partial charge >= 0.3 is 6.18 Å². The molecule has 1 unspecified atom stereocenters. The van der Waals surface area contributed by atoms with Crippen LogP contribution in [-0.2, 0) is 0 Å². The van der Waals surface area contributed by atoms with Gasteiger partial charge in [-0.15, -0.1) is 0 Å². The van der Waals surface area contributed by atoms with Crippen LogP contribution < -0.4 is 5.32 Å². The van der Waals surface area contributed by atoms with E-state index < -0.39 is 17.6 Å². The molecule has 94 valence electrons. The van der Waals surface area contributed by atoms with Gasteiger partial charge in [0.05, 0.1) is 0 Å². The molecule has 0 saturated carbocycles. The molecule has 0 bridgehead atoms. The maximum atomic E-state index is 12.1. The summed E-state index contributed by atoms with van der Waals surface area (Å²) in [4.78, 5) is 11.4. The molecule has 1 N–H and O–H groups in total. The number of benzene rings is 1. The highest BCUT2D eigenvalue weighted by molar-refractivity contribution is 6.35. The van der Waals surface area contributed by atoms with Crippen LogP contribution in [0.25, 0.3) is 0 Å². The summed E-state index contributed by atoms with van der Waals surface area (Å²) < 4.78 is 36.3. The van der Waals surface area contributed by atoms with Gasteiger partial charge in [0.1, 0.15) is 0 Å². The van der Waals surface area contributed by atoms with E-state index in [0.29, 0.717) is 0 Å². The van der Waals surface area contributed by atoms with E-state index in [2.05, 4.69) is 0 Å². The van der Waals surface area contributed by atoms with E-state index in [0.717, 1.165) is 0 Å². The molecule has 0 fully saturated rings. The van der Waals surface area contributed by atoms with E-state index in [-0.39, 0.29) is 15.6 Å². The summed E-state index contributed by atoms with van der Waals surface area (Å²) in [7, 11) is 0. The molecule has 2 nitrogen and oxygen atoms in total. The average molecular weight is 306 g/mol. The lowest BCUT2D eigenvalue weighted by molar-refractivity contribution is -0.134. The number of hydrogen-bond donors (Lipinski definition) is 1. The summed E-state index contributed by atoms with van der Waals surface area (Å²) in [5.74, 6) is -1.01. The van der Waals surface area contributed by atoms with E-state index in [9.17, 15) is 18.0 Å². The number of halogens is 6. The fourth-order valence-electron chi connectivity index (χ4n) is 0.965. The Morgan fingerprint density at radius 2 is 1.65 bits per heavy atom. The van der Waals surface area contributed by atoms with Crippen molar-refractivity contribution in [2.75, 3.05) is 0 Å². The zero-order valence-electron chi connectivity index (χ0n) is 7.99. The van der Waals surface area contributed by atoms with Crippen molar-refractivity contribution in [3.8, 4) is 0 Å². The zero-order valence-corrected chi connectivity index (χ0v) is 10.3. The number of nitrogens with one attached hydrogen (secondary N) is 1. The quantitative estimate of drug-likeness (QED) is 0.652. The van der Waals surface area contributed by atoms with Crippen LogP contribution in [0.1, 0.15) is 10.4 Å². The van der Waals surface area contributed by atoms with Crippen LogP contribution in [0.4, 0.5) is 13.2 Å². The summed E-state index contributed by atoms with van der Waals surface area (Å²) in [6.45, 7) is 0. The van der Waals surface area contributed by atoms with Gasteiger partial charge in [0.15, 0.2) is 0 Å². The van der Waals surface area contributed by atoms with Crippen LogP contribution in [0.2, 0.25) is 10.0 Å². The Bertz CT molecular complexity index is 416. The number of rotatable bonds is 2. The van der Waals surface area contributed by atoms with Crippen molar-refractivity contribution in [3.63, 3.8) is 0 Å². The van der Waals surface area contributed by atoms with Crippen molar-refractivity contribution in [3.05, 3.63) is 33.8 Å². The molecule has 0 saturated heterocycles. The second-order valence-corrected chi connectivity index (χ2v) is 4.35. The average Bonchev–Trinajstić information content (AvgIpc) is 2.14. The van der Waals surface area contributed by atoms with Gasteiger partial charge in [-0.2, -0.15) is 13.2 Å². The topological polar surface area (TPSA) is 29.1 Å². The standard InChI is InChI=1S/C9H5Cl3F3NO/c10-5-1-4(2-6(11)3-5)7(17)16-8(12)9(13,14)15/h1-3,8H,(H,16,17). The van der Waals surface area contributed by atoms with E-state index in [4.69, 9.17) is 34.8 Å². The minimum Gasteiger partial charge on any atom is -0.328 e. The van der Waals surface area contributed by atoms with Gasteiger partial charge in [0.25, 0.3) is 5.91 Å². The van der Waals surface area contributed by atoms with Gasteiger partial charge < -0.3 is 5.32 Å². The van der Waals surface area contributed by atoms with Crippen LogP contribution in [0, 0.1) is 0 Å². The molecular weight excluding hydrogens is 301 g/mol. The molecule has 1 atom stereocenters.